The summed E-state index contributed by atoms with van der Waals surface area (Å²) in [7, 11) is 0. The van der Waals surface area contributed by atoms with E-state index in [1.807, 2.05) is 27.7 Å². The van der Waals surface area contributed by atoms with E-state index in [2.05, 4.69) is 16.0 Å². The maximum Gasteiger partial charge on any atom is 0.244 e. The summed E-state index contributed by atoms with van der Waals surface area (Å²) in [6.07, 6.45) is 4.73. The van der Waals surface area contributed by atoms with Gasteiger partial charge in [-0.05, 0) is 36.5 Å². The molecule has 1 rings (SSSR count). The number of carbonyl (C=O) groups is 3. The molecule has 0 aliphatic rings. The fraction of sp³-hybridized carbons (Fsp3) is 0.550. The van der Waals surface area contributed by atoms with Gasteiger partial charge >= 0.3 is 0 Å². The molecule has 0 fully saturated rings. The van der Waals surface area contributed by atoms with E-state index < -0.39 is 11.9 Å². The van der Waals surface area contributed by atoms with E-state index in [1.54, 1.807) is 12.1 Å². The quantitative estimate of drug-likeness (QED) is 0.514. The van der Waals surface area contributed by atoms with Gasteiger partial charge < -0.3 is 20.4 Å². The fourth-order valence-electron chi connectivity index (χ4n) is 2.14. The summed E-state index contributed by atoms with van der Waals surface area (Å²) < 4.78 is 5.13. The van der Waals surface area contributed by atoms with Gasteiger partial charge in [-0.25, -0.2) is 0 Å². The monoisotopic (exact) mass is 377 g/mol. The fourth-order valence-corrected chi connectivity index (χ4v) is 2.14. The molecule has 0 aliphatic heterocycles. The van der Waals surface area contributed by atoms with E-state index in [0.29, 0.717) is 30.7 Å². The van der Waals surface area contributed by atoms with E-state index >= 15 is 0 Å². The number of rotatable bonds is 11. The van der Waals surface area contributed by atoms with Gasteiger partial charge in [-0.15, -0.1) is 0 Å². The molecule has 1 unspecified atom stereocenters. The summed E-state index contributed by atoms with van der Waals surface area (Å²) in [5, 5.41) is 8.28. The largest absolute Gasteiger partial charge is 0.465 e. The smallest absolute Gasteiger partial charge is 0.244 e. The zero-order valence-corrected chi connectivity index (χ0v) is 16.6. The maximum absolute atomic E-state index is 12.4. The van der Waals surface area contributed by atoms with Gasteiger partial charge in [0.15, 0.2) is 0 Å². The van der Waals surface area contributed by atoms with Gasteiger partial charge in [0.25, 0.3) is 0 Å². The van der Waals surface area contributed by atoms with Gasteiger partial charge in [0, 0.05) is 25.6 Å². The molecule has 0 spiro atoms. The van der Waals surface area contributed by atoms with Crippen LogP contribution in [-0.2, 0) is 14.4 Å². The maximum atomic E-state index is 12.4. The van der Waals surface area contributed by atoms with Crippen LogP contribution >= 0.6 is 0 Å². The lowest BCUT2D eigenvalue weighted by Crippen LogP contribution is -2.47. The number of furan rings is 1. The van der Waals surface area contributed by atoms with Crippen molar-refractivity contribution >= 4 is 23.8 Å². The van der Waals surface area contributed by atoms with E-state index in [1.165, 1.54) is 18.4 Å². The zero-order chi connectivity index (χ0) is 20.2. The van der Waals surface area contributed by atoms with Gasteiger partial charge in [-0.2, -0.15) is 0 Å². The van der Waals surface area contributed by atoms with Crippen LogP contribution in [0, 0.1) is 11.8 Å². The Morgan fingerprint density at radius 1 is 1.07 bits per heavy atom. The average molecular weight is 377 g/mol. The molecule has 1 aromatic rings. The minimum Gasteiger partial charge on any atom is -0.465 e. The van der Waals surface area contributed by atoms with E-state index in [4.69, 9.17) is 4.42 Å². The van der Waals surface area contributed by atoms with Crippen molar-refractivity contribution in [2.24, 2.45) is 11.8 Å². The zero-order valence-electron chi connectivity index (χ0n) is 16.6. The van der Waals surface area contributed by atoms with Crippen molar-refractivity contribution in [3.63, 3.8) is 0 Å². The second-order valence-electron chi connectivity index (χ2n) is 7.29. The topological polar surface area (TPSA) is 100 Å². The second kappa shape index (κ2) is 11.9. The molecule has 3 amide bonds. The van der Waals surface area contributed by atoms with Crippen LogP contribution in [0.5, 0.6) is 0 Å². The molecule has 3 N–H and O–H groups in total. The first kappa shape index (κ1) is 22.5. The first-order valence-electron chi connectivity index (χ1n) is 9.34. The number of hydrogen-bond donors (Lipinski definition) is 3. The van der Waals surface area contributed by atoms with E-state index in [0.717, 1.165) is 0 Å². The van der Waals surface area contributed by atoms with Gasteiger partial charge in [-0.1, -0.05) is 27.7 Å². The predicted molar refractivity (Wildman–Crippen MR) is 105 cm³/mol. The standard InChI is InChI=1S/C20H31N3O4/c1-14(2)12-21-18(24)10-8-17(20(26)22-13-15(3)4)23-19(25)9-7-16-6-5-11-27-16/h5-7,9,11,14-15,17H,8,10,12-13H2,1-4H3,(H,21,24)(H,22,26)(H,23,25)/b9-7+. The Labute approximate surface area is 161 Å². The van der Waals surface area contributed by atoms with Crippen molar-refractivity contribution in [3.8, 4) is 0 Å². The normalized spacial score (nSPS) is 12.4. The molecular weight excluding hydrogens is 346 g/mol. The molecule has 0 bridgehead atoms. The van der Waals surface area contributed by atoms with Crippen LogP contribution in [0.1, 0.15) is 46.3 Å². The van der Waals surface area contributed by atoms with Crippen molar-refractivity contribution in [1.29, 1.82) is 0 Å². The van der Waals surface area contributed by atoms with Gasteiger partial charge in [0.1, 0.15) is 11.8 Å². The summed E-state index contributed by atoms with van der Waals surface area (Å²) in [6.45, 7) is 9.08. The van der Waals surface area contributed by atoms with Crippen LogP contribution in [0.4, 0.5) is 0 Å². The minimum atomic E-state index is -0.776. The summed E-state index contributed by atoms with van der Waals surface area (Å²) in [6, 6.07) is 2.66. The molecule has 150 valence electrons. The van der Waals surface area contributed by atoms with Crippen molar-refractivity contribution in [1.82, 2.24) is 16.0 Å². The predicted octanol–water partition coefficient (Wildman–Crippen LogP) is 2.10. The number of amides is 3. The van der Waals surface area contributed by atoms with Crippen molar-refractivity contribution in [3.05, 3.63) is 30.2 Å². The molecule has 1 heterocycles. The number of nitrogens with one attached hydrogen (secondary N) is 3. The Hall–Kier alpha value is -2.57. The highest BCUT2D eigenvalue weighted by atomic mass is 16.3. The van der Waals surface area contributed by atoms with Gasteiger partial charge in [0.05, 0.1) is 6.26 Å². The number of carbonyl (C=O) groups excluding carboxylic acids is 3. The Balaban J connectivity index is 2.61. The molecule has 0 aliphatic carbocycles. The molecular formula is C20H31N3O4. The van der Waals surface area contributed by atoms with E-state index in [9.17, 15) is 14.4 Å². The van der Waals surface area contributed by atoms with Gasteiger partial charge in [0.2, 0.25) is 17.7 Å². The Morgan fingerprint density at radius 3 is 2.33 bits per heavy atom. The highest BCUT2D eigenvalue weighted by molar-refractivity contribution is 5.95. The molecule has 27 heavy (non-hydrogen) atoms. The molecule has 0 aromatic carbocycles. The second-order valence-corrected chi connectivity index (χ2v) is 7.29. The summed E-state index contributed by atoms with van der Waals surface area (Å²) >= 11 is 0. The third-order valence-corrected chi connectivity index (χ3v) is 3.63. The molecule has 7 nitrogen and oxygen atoms in total. The average Bonchev–Trinajstić information content (AvgIpc) is 3.13. The third-order valence-electron chi connectivity index (χ3n) is 3.63. The lowest BCUT2D eigenvalue weighted by molar-refractivity contribution is -0.128. The first-order chi connectivity index (χ1) is 12.8. The third kappa shape index (κ3) is 10.2. The minimum absolute atomic E-state index is 0.134. The van der Waals surface area contributed by atoms with Crippen molar-refractivity contribution in [2.75, 3.05) is 13.1 Å². The lowest BCUT2D eigenvalue weighted by atomic mass is 10.1. The van der Waals surface area contributed by atoms with Crippen LogP contribution in [0.15, 0.2) is 28.9 Å². The van der Waals surface area contributed by atoms with Gasteiger partial charge in [-0.3, -0.25) is 14.4 Å². The van der Waals surface area contributed by atoms with Crippen LogP contribution < -0.4 is 16.0 Å². The summed E-state index contributed by atoms with van der Waals surface area (Å²) in [5.41, 5.74) is 0. The van der Waals surface area contributed by atoms with Crippen LogP contribution in [0.3, 0.4) is 0 Å². The molecule has 0 saturated heterocycles. The van der Waals surface area contributed by atoms with Crippen LogP contribution in [0.2, 0.25) is 0 Å². The number of hydrogen-bond acceptors (Lipinski definition) is 4. The SMILES string of the molecule is CC(C)CNC(=O)CCC(NC(=O)/C=C/c1ccco1)C(=O)NCC(C)C. The molecule has 0 radical (unpaired) electrons. The molecule has 7 heteroatoms. The van der Waals surface area contributed by atoms with Crippen molar-refractivity contribution < 1.29 is 18.8 Å². The highest BCUT2D eigenvalue weighted by Gasteiger charge is 2.21. The molecule has 1 atom stereocenters. The molecule has 1 aromatic heterocycles. The summed E-state index contributed by atoms with van der Waals surface area (Å²) in [5.74, 6) is 0.340. The van der Waals surface area contributed by atoms with E-state index in [-0.39, 0.29) is 24.7 Å². The first-order valence-corrected chi connectivity index (χ1v) is 9.34. The van der Waals surface area contributed by atoms with Crippen LogP contribution in [0.25, 0.3) is 6.08 Å². The Bertz CT molecular complexity index is 621. The Kier molecular flexibility index (Phi) is 9.93. The Morgan fingerprint density at radius 2 is 1.74 bits per heavy atom. The summed E-state index contributed by atoms with van der Waals surface area (Å²) in [4.78, 5) is 36.5. The molecule has 0 saturated carbocycles. The van der Waals surface area contributed by atoms with Crippen molar-refractivity contribution in [2.45, 2.75) is 46.6 Å². The van der Waals surface area contributed by atoms with Crippen LogP contribution in [-0.4, -0.2) is 36.9 Å². The lowest BCUT2D eigenvalue weighted by Gasteiger charge is -2.18. The highest BCUT2D eigenvalue weighted by Crippen LogP contribution is 2.03.